The molecular weight excluding hydrogens is 200 g/mol. The molecule has 0 saturated carbocycles. The van der Waals surface area contributed by atoms with Gasteiger partial charge in [0.05, 0.1) is 0 Å². The zero-order valence-corrected chi connectivity index (χ0v) is 10.8. The first kappa shape index (κ1) is 12.9. The molecule has 0 aliphatic carbocycles. The van der Waals surface area contributed by atoms with Crippen molar-refractivity contribution in [1.29, 1.82) is 0 Å². The van der Waals surface area contributed by atoms with Gasteiger partial charge in [-0.2, -0.15) is 0 Å². The first-order valence-electron chi connectivity index (χ1n) is 6.24. The SMILES string of the molecule is CCCc1c(C)nc(CCC)n(CC)c1=O. The van der Waals surface area contributed by atoms with Crippen LogP contribution in [0.2, 0.25) is 0 Å². The molecule has 0 saturated heterocycles. The van der Waals surface area contributed by atoms with Crippen molar-refractivity contribution in [3.05, 3.63) is 27.4 Å². The lowest BCUT2D eigenvalue weighted by Crippen LogP contribution is -2.29. The van der Waals surface area contributed by atoms with Crippen LogP contribution in [0, 0.1) is 6.92 Å². The number of aromatic nitrogens is 2. The van der Waals surface area contributed by atoms with E-state index in [9.17, 15) is 4.79 Å². The van der Waals surface area contributed by atoms with Crippen LogP contribution in [-0.2, 0) is 19.4 Å². The molecule has 0 fully saturated rings. The quantitative estimate of drug-likeness (QED) is 0.767. The van der Waals surface area contributed by atoms with Crippen molar-refractivity contribution in [3.8, 4) is 0 Å². The highest BCUT2D eigenvalue weighted by Gasteiger charge is 2.11. The van der Waals surface area contributed by atoms with Crippen molar-refractivity contribution in [2.45, 2.75) is 59.9 Å². The summed E-state index contributed by atoms with van der Waals surface area (Å²) in [5.41, 5.74) is 1.98. The van der Waals surface area contributed by atoms with Gasteiger partial charge in [0, 0.05) is 24.2 Å². The Labute approximate surface area is 97.5 Å². The van der Waals surface area contributed by atoms with Gasteiger partial charge in [-0.15, -0.1) is 0 Å². The van der Waals surface area contributed by atoms with Crippen LogP contribution in [0.1, 0.15) is 50.7 Å². The fraction of sp³-hybridized carbons (Fsp3) is 0.692. The third kappa shape index (κ3) is 2.52. The molecule has 90 valence electrons. The molecule has 3 heteroatoms. The van der Waals surface area contributed by atoms with Crippen molar-refractivity contribution in [2.24, 2.45) is 0 Å². The van der Waals surface area contributed by atoms with Crippen molar-refractivity contribution >= 4 is 0 Å². The topological polar surface area (TPSA) is 34.9 Å². The Kier molecular flexibility index (Phi) is 4.71. The van der Waals surface area contributed by atoms with Crippen LogP contribution < -0.4 is 5.56 Å². The number of nitrogens with zero attached hydrogens (tertiary/aromatic N) is 2. The van der Waals surface area contributed by atoms with Crippen LogP contribution in [-0.4, -0.2) is 9.55 Å². The third-order valence-corrected chi connectivity index (χ3v) is 2.84. The smallest absolute Gasteiger partial charge is 0.256 e. The molecule has 3 nitrogen and oxygen atoms in total. The second-order valence-corrected chi connectivity index (χ2v) is 4.14. The van der Waals surface area contributed by atoms with Gasteiger partial charge in [0.1, 0.15) is 5.82 Å². The summed E-state index contributed by atoms with van der Waals surface area (Å²) in [6, 6.07) is 0. The van der Waals surface area contributed by atoms with Gasteiger partial charge >= 0.3 is 0 Å². The molecule has 0 amide bonds. The molecule has 1 heterocycles. The van der Waals surface area contributed by atoms with Crippen LogP contribution in [0.3, 0.4) is 0 Å². The summed E-state index contributed by atoms with van der Waals surface area (Å²) in [6.07, 6.45) is 3.74. The van der Waals surface area contributed by atoms with Gasteiger partial charge in [-0.1, -0.05) is 20.3 Å². The Bertz CT molecular complexity index is 407. The van der Waals surface area contributed by atoms with Gasteiger partial charge in [0.2, 0.25) is 0 Å². The Morgan fingerprint density at radius 1 is 1.12 bits per heavy atom. The average molecular weight is 222 g/mol. The Morgan fingerprint density at radius 2 is 1.75 bits per heavy atom. The van der Waals surface area contributed by atoms with Crippen LogP contribution in [0.4, 0.5) is 0 Å². The molecule has 1 rings (SSSR count). The van der Waals surface area contributed by atoms with Gasteiger partial charge in [-0.25, -0.2) is 4.98 Å². The highest BCUT2D eigenvalue weighted by atomic mass is 16.1. The number of rotatable bonds is 5. The molecule has 0 aromatic carbocycles. The molecule has 0 spiro atoms. The molecule has 0 aliphatic heterocycles. The zero-order valence-electron chi connectivity index (χ0n) is 10.8. The maximum Gasteiger partial charge on any atom is 0.256 e. The van der Waals surface area contributed by atoms with Crippen molar-refractivity contribution in [2.75, 3.05) is 0 Å². The van der Waals surface area contributed by atoms with E-state index in [0.717, 1.165) is 49.3 Å². The molecule has 0 atom stereocenters. The maximum atomic E-state index is 12.2. The lowest BCUT2D eigenvalue weighted by Gasteiger charge is -2.13. The number of hydrogen-bond acceptors (Lipinski definition) is 2. The van der Waals surface area contributed by atoms with E-state index in [2.05, 4.69) is 18.8 Å². The monoisotopic (exact) mass is 222 g/mol. The fourth-order valence-corrected chi connectivity index (χ4v) is 2.03. The zero-order chi connectivity index (χ0) is 12.1. The molecule has 0 radical (unpaired) electrons. The van der Waals surface area contributed by atoms with E-state index in [0.29, 0.717) is 0 Å². The first-order valence-corrected chi connectivity index (χ1v) is 6.24. The average Bonchev–Trinajstić information content (AvgIpc) is 2.25. The van der Waals surface area contributed by atoms with E-state index in [1.165, 1.54) is 0 Å². The van der Waals surface area contributed by atoms with Crippen LogP contribution in [0.5, 0.6) is 0 Å². The minimum atomic E-state index is 0.167. The molecule has 0 aliphatic rings. The Balaban J connectivity index is 3.31. The van der Waals surface area contributed by atoms with Crippen molar-refractivity contribution in [1.82, 2.24) is 9.55 Å². The Morgan fingerprint density at radius 3 is 2.25 bits per heavy atom. The van der Waals surface area contributed by atoms with E-state index >= 15 is 0 Å². The second kappa shape index (κ2) is 5.83. The lowest BCUT2D eigenvalue weighted by molar-refractivity contribution is 0.617. The highest BCUT2D eigenvalue weighted by Crippen LogP contribution is 2.06. The molecule has 0 N–H and O–H groups in total. The largest absolute Gasteiger partial charge is 0.297 e. The summed E-state index contributed by atoms with van der Waals surface area (Å²) in [4.78, 5) is 16.8. The number of aryl methyl sites for hydroxylation is 2. The highest BCUT2D eigenvalue weighted by molar-refractivity contribution is 5.18. The van der Waals surface area contributed by atoms with Gasteiger partial charge in [0.25, 0.3) is 5.56 Å². The van der Waals surface area contributed by atoms with E-state index in [1.807, 2.05) is 18.4 Å². The summed E-state index contributed by atoms with van der Waals surface area (Å²) in [6.45, 7) is 8.88. The summed E-state index contributed by atoms with van der Waals surface area (Å²) in [5, 5.41) is 0. The van der Waals surface area contributed by atoms with Crippen LogP contribution in [0.15, 0.2) is 4.79 Å². The normalized spacial score (nSPS) is 10.8. The van der Waals surface area contributed by atoms with E-state index < -0.39 is 0 Å². The van der Waals surface area contributed by atoms with Crippen LogP contribution in [0.25, 0.3) is 0 Å². The molecule has 0 bridgehead atoms. The van der Waals surface area contributed by atoms with E-state index in [1.54, 1.807) is 0 Å². The van der Waals surface area contributed by atoms with Crippen molar-refractivity contribution < 1.29 is 0 Å². The fourth-order valence-electron chi connectivity index (χ4n) is 2.03. The third-order valence-electron chi connectivity index (χ3n) is 2.84. The summed E-state index contributed by atoms with van der Waals surface area (Å²) >= 11 is 0. The standard InChI is InChI=1S/C13H22N2O/c1-5-8-11-10(4)14-12(9-6-2)15(7-3)13(11)16/h5-9H2,1-4H3. The predicted octanol–water partition coefficient (Wildman–Crippen LogP) is 2.48. The molecule has 1 aromatic heterocycles. The summed E-state index contributed by atoms with van der Waals surface area (Å²) in [7, 11) is 0. The first-order chi connectivity index (χ1) is 7.65. The second-order valence-electron chi connectivity index (χ2n) is 4.14. The minimum absolute atomic E-state index is 0.167. The van der Waals surface area contributed by atoms with Gasteiger partial charge < -0.3 is 0 Å². The minimum Gasteiger partial charge on any atom is -0.297 e. The summed E-state index contributed by atoms with van der Waals surface area (Å²) in [5.74, 6) is 0.937. The summed E-state index contributed by atoms with van der Waals surface area (Å²) < 4.78 is 1.82. The Hall–Kier alpha value is -1.12. The van der Waals surface area contributed by atoms with Gasteiger partial charge in [-0.3, -0.25) is 9.36 Å². The molecular formula is C13H22N2O. The van der Waals surface area contributed by atoms with Gasteiger partial charge in [0.15, 0.2) is 0 Å². The number of hydrogen-bond donors (Lipinski definition) is 0. The van der Waals surface area contributed by atoms with Crippen LogP contribution >= 0.6 is 0 Å². The predicted molar refractivity (Wildman–Crippen MR) is 66.9 cm³/mol. The van der Waals surface area contributed by atoms with E-state index in [4.69, 9.17) is 0 Å². The molecule has 1 aromatic rings. The van der Waals surface area contributed by atoms with Crippen molar-refractivity contribution in [3.63, 3.8) is 0 Å². The van der Waals surface area contributed by atoms with Gasteiger partial charge in [-0.05, 0) is 26.7 Å². The van der Waals surface area contributed by atoms with E-state index in [-0.39, 0.29) is 5.56 Å². The maximum absolute atomic E-state index is 12.2. The molecule has 16 heavy (non-hydrogen) atoms. The lowest BCUT2D eigenvalue weighted by atomic mass is 10.1. The molecule has 0 unspecified atom stereocenters.